The lowest BCUT2D eigenvalue weighted by Crippen LogP contribution is -2.59. The summed E-state index contributed by atoms with van der Waals surface area (Å²) in [6.07, 6.45) is 16.7. The van der Waals surface area contributed by atoms with Gasteiger partial charge in [0.25, 0.3) is 0 Å². The van der Waals surface area contributed by atoms with Crippen molar-refractivity contribution < 1.29 is 19.0 Å². The van der Waals surface area contributed by atoms with E-state index in [-0.39, 0.29) is 6.79 Å². The molecule has 1 saturated carbocycles. The average molecular weight is 458 g/mol. The van der Waals surface area contributed by atoms with E-state index in [0.29, 0.717) is 18.1 Å². The van der Waals surface area contributed by atoms with Gasteiger partial charge in [-0.25, -0.2) is 4.79 Å². The summed E-state index contributed by atoms with van der Waals surface area (Å²) in [5, 5.41) is 3.78. The molecule has 0 aromatic heterocycles. The molecule has 1 aliphatic heterocycles. The van der Waals surface area contributed by atoms with Gasteiger partial charge in [0.15, 0.2) is 0 Å². The molecule has 3 aliphatic rings. The molecule has 0 unspecified atom stereocenters. The highest BCUT2D eigenvalue weighted by atomic mass is 16.8. The predicted octanol–water partition coefficient (Wildman–Crippen LogP) is 6.66. The third-order valence-corrected chi connectivity index (χ3v) is 8.24. The highest BCUT2D eigenvalue weighted by Crippen LogP contribution is 2.54. The number of benzene rings is 1. The average Bonchev–Trinajstić information content (AvgIpc) is 2.83. The number of piperidine rings is 1. The first-order valence-corrected chi connectivity index (χ1v) is 13.5. The summed E-state index contributed by atoms with van der Waals surface area (Å²) in [5.41, 5.74) is 3.25. The molecule has 33 heavy (non-hydrogen) atoms. The largest absolute Gasteiger partial charge is 0.511 e. The number of carbonyl (C=O) groups is 1. The molecule has 0 spiro atoms. The molecule has 2 fully saturated rings. The zero-order chi connectivity index (χ0) is 22.9. The van der Waals surface area contributed by atoms with E-state index in [1.54, 1.807) is 0 Å². The van der Waals surface area contributed by atoms with Crippen molar-refractivity contribution in [3.05, 3.63) is 29.3 Å². The van der Waals surface area contributed by atoms with Crippen LogP contribution in [-0.4, -0.2) is 32.1 Å². The number of hydrogen-bond donors (Lipinski definition) is 1. The Hall–Kier alpha value is -1.75. The van der Waals surface area contributed by atoms with Crippen LogP contribution in [-0.2, 0) is 21.3 Å². The van der Waals surface area contributed by atoms with Gasteiger partial charge in [-0.3, -0.25) is 0 Å². The fraction of sp³-hybridized carbons (Fsp3) is 0.750. The lowest BCUT2D eigenvalue weighted by atomic mass is 9.53. The molecule has 5 heteroatoms. The van der Waals surface area contributed by atoms with E-state index >= 15 is 0 Å². The van der Waals surface area contributed by atoms with Crippen molar-refractivity contribution in [2.45, 2.75) is 108 Å². The van der Waals surface area contributed by atoms with Crippen LogP contribution in [0.1, 0.15) is 102 Å². The van der Waals surface area contributed by atoms with Crippen LogP contribution in [0.3, 0.4) is 0 Å². The molecule has 1 aromatic rings. The van der Waals surface area contributed by atoms with Gasteiger partial charge in [-0.1, -0.05) is 70.8 Å². The normalized spacial score (nSPS) is 25.6. The van der Waals surface area contributed by atoms with Crippen LogP contribution < -0.4 is 10.1 Å². The summed E-state index contributed by atoms with van der Waals surface area (Å²) in [6.45, 7) is 3.67. The van der Waals surface area contributed by atoms with Crippen LogP contribution in [0.5, 0.6) is 5.75 Å². The van der Waals surface area contributed by atoms with Gasteiger partial charge in [-0.2, -0.15) is 0 Å². The minimum Gasteiger partial charge on any atom is -0.457 e. The maximum atomic E-state index is 11.9. The van der Waals surface area contributed by atoms with E-state index in [4.69, 9.17) is 14.2 Å². The Morgan fingerprint density at radius 1 is 1.03 bits per heavy atom. The van der Waals surface area contributed by atoms with E-state index in [0.717, 1.165) is 37.5 Å². The summed E-state index contributed by atoms with van der Waals surface area (Å²) in [6, 6.07) is 7.09. The molecular formula is C28H43NO4. The SMILES string of the molecule is CCCCCCCCCCOC(=O)OCOc1ccc2c(c1)[C@]13CCCC[C@@H]1[C@@H](C2)NCC3. The van der Waals surface area contributed by atoms with E-state index in [2.05, 4.69) is 24.4 Å². The summed E-state index contributed by atoms with van der Waals surface area (Å²) in [7, 11) is 0. The summed E-state index contributed by atoms with van der Waals surface area (Å²) >= 11 is 0. The Morgan fingerprint density at radius 3 is 2.70 bits per heavy atom. The van der Waals surface area contributed by atoms with Gasteiger partial charge in [-0.05, 0) is 67.8 Å². The van der Waals surface area contributed by atoms with Crippen LogP contribution in [0.25, 0.3) is 0 Å². The minimum absolute atomic E-state index is 0.102. The van der Waals surface area contributed by atoms with Crippen LogP contribution in [0.4, 0.5) is 4.79 Å². The van der Waals surface area contributed by atoms with Crippen molar-refractivity contribution in [3.8, 4) is 5.75 Å². The maximum absolute atomic E-state index is 11.9. The van der Waals surface area contributed by atoms with Crippen LogP contribution in [0.2, 0.25) is 0 Å². The van der Waals surface area contributed by atoms with Gasteiger partial charge >= 0.3 is 6.16 Å². The zero-order valence-corrected chi connectivity index (χ0v) is 20.5. The van der Waals surface area contributed by atoms with Crippen LogP contribution in [0.15, 0.2) is 18.2 Å². The van der Waals surface area contributed by atoms with Crippen LogP contribution in [0, 0.1) is 5.92 Å². The highest BCUT2D eigenvalue weighted by Gasteiger charge is 2.51. The quantitative estimate of drug-likeness (QED) is 0.216. The molecule has 4 rings (SSSR count). The van der Waals surface area contributed by atoms with Gasteiger partial charge in [0.05, 0.1) is 6.61 Å². The van der Waals surface area contributed by atoms with Gasteiger partial charge in [0, 0.05) is 11.5 Å². The van der Waals surface area contributed by atoms with E-state index in [1.165, 1.54) is 81.8 Å². The van der Waals surface area contributed by atoms with E-state index in [1.807, 2.05) is 6.07 Å². The number of hydrogen-bond acceptors (Lipinski definition) is 5. The third-order valence-electron chi connectivity index (χ3n) is 8.24. The van der Waals surface area contributed by atoms with Crippen LogP contribution >= 0.6 is 0 Å². The van der Waals surface area contributed by atoms with E-state index in [9.17, 15) is 4.79 Å². The third kappa shape index (κ3) is 6.03. The van der Waals surface area contributed by atoms with Crippen molar-refractivity contribution in [1.82, 2.24) is 5.32 Å². The first kappa shape index (κ1) is 24.4. The second-order valence-electron chi connectivity index (χ2n) is 10.3. The molecule has 1 N–H and O–H groups in total. The van der Waals surface area contributed by atoms with Gasteiger partial charge in [-0.15, -0.1) is 0 Å². The molecule has 1 saturated heterocycles. The lowest BCUT2D eigenvalue weighted by molar-refractivity contribution is 0.00381. The molecule has 0 amide bonds. The van der Waals surface area contributed by atoms with Crippen molar-refractivity contribution in [1.29, 1.82) is 0 Å². The standard InChI is InChI=1S/C28H43NO4/c1-2-3-4-5-6-7-8-11-18-31-27(30)33-21-32-23-14-13-22-19-26-24-12-9-10-15-28(24,16-17-29-26)25(22)20-23/h13-14,20,24,26,29H,2-12,15-19,21H2,1H3/t24-,26-,28+/m1/s1. The van der Waals surface area contributed by atoms with Gasteiger partial charge < -0.3 is 19.5 Å². The molecule has 0 radical (unpaired) electrons. The minimum atomic E-state index is -0.636. The second kappa shape index (κ2) is 12.1. The lowest BCUT2D eigenvalue weighted by Gasteiger charge is -2.56. The monoisotopic (exact) mass is 457 g/mol. The Kier molecular flexibility index (Phi) is 8.94. The molecule has 2 aliphatic carbocycles. The van der Waals surface area contributed by atoms with Crippen molar-refractivity contribution in [2.75, 3.05) is 19.9 Å². The number of unbranched alkanes of at least 4 members (excludes halogenated alkanes) is 7. The van der Waals surface area contributed by atoms with Gasteiger partial charge in [0.1, 0.15) is 5.75 Å². The number of rotatable bonds is 12. The zero-order valence-electron chi connectivity index (χ0n) is 20.5. The maximum Gasteiger partial charge on any atom is 0.511 e. The molecule has 3 atom stereocenters. The Bertz CT molecular complexity index is 762. The number of carbonyl (C=O) groups excluding carboxylic acids is 1. The molecule has 1 aromatic carbocycles. The fourth-order valence-corrected chi connectivity index (χ4v) is 6.57. The topological polar surface area (TPSA) is 56.8 Å². The Labute approximate surface area is 199 Å². The fourth-order valence-electron chi connectivity index (χ4n) is 6.57. The van der Waals surface area contributed by atoms with Crippen molar-refractivity contribution in [3.63, 3.8) is 0 Å². The summed E-state index contributed by atoms with van der Waals surface area (Å²) < 4.78 is 16.2. The summed E-state index contributed by atoms with van der Waals surface area (Å²) in [4.78, 5) is 11.9. The number of nitrogens with one attached hydrogen (secondary N) is 1. The predicted molar refractivity (Wildman–Crippen MR) is 131 cm³/mol. The number of ether oxygens (including phenoxy) is 3. The first-order valence-electron chi connectivity index (χ1n) is 13.5. The molecule has 5 nitrogen and oxygen atoms in total. The molecular weight excluding hydrogens is 414 g/mol. The van der Waals surface area contributed by atoms with Crippen molar-refractivity contribution in [2.24, 2.45) is 5.92 Å². The van der Waals surface area contributed by atoms with Crippen molar-refractivity contribution >= 4 is 6.16 Å². The van der Waals surface area contributed by atoms with Gasteiger partial charge in [0.2, 0.25) is 6.79 Å². The highest BCUT2D eigenvalue weighted by molar-refractivity contribution is 5.59. The molecule has 2 bridgehead atoms. The smallest absolute Gasteiger partial charge is 0.457 e. The van der Waals surface area contributed by atoms with E-state index < -0.39 is 6.16 Å². The molecule has 1 heterocycles. The summed E-state index contributed by atoms with van der Waals surface area (Å²) in [5.74, 6) is 1.53. The Balaban J connectivity index is 1.18. The number of fused-ring (bicyclic) bond motifs is 1. The first-order chi connectivity index (χ1) is 16.2. The Morgan fingerprint density at radius 2 is 1.85 bits per heavy atom. The molecule has 184 valence electrons. The second-order valence-corrected chi connectivity index (χ2v) is 10.3.